The highest BCUT2D eigenvalue weighted by Crippen LogP contribution is 2.62. The first kappa shape index (κ1) is 14.3. The average Bonchev–Trinajstić information content (AvgIpc) is 2.84. The SMILES string of the molecule is CCc1n[nH]c(=O)c(C(=O)N2C[C@@H]3[C@H](C2)C3(C)C)c1CC. The van der Waals surface area contributed by atoms with Crippen molar-refractivity contribution in [3.8, 4) is 0 Å². The van der Waals surface area contributed by atoms with Crippen LogP contribution in [-0.2, 0) is 12.8 Å². The lowest BCUT2D eigenvalue weighted by Crippen LogP contribution is -2.37. The summed E-state index contributed by atoms with van der Waals surface area (Å²) in [5.41, 5.74) is 1.96. The van der Waals surface area contributed by atoms with Crippen molar-refractivity contribution in [2.75, 3.05) is 13.1 Å². The molecule has 0 bridgehead atoms. The predicted molar refractivity (Wildman–Crippen MR) is 80.3 cm³/mol. The van der Waals surface area contributed by atoms with Gasteiger partial charge in [0, 0.05) is 13.1 Å². The molecule has 0 aromatic carbocycles. The molecule has 5 nitrogen and oxygen atoms in total. The Labute approximate surface area is 124 Å². The van der Waals surface area contributed by atoms with Crippen molar-refractivity contribution in [1.29, 1.82) is 0 Å². The second kappa shape index (κ2) is 4.68. The van der Waals surface area contributed by atoms with Gasteiger partial charge in [0.25, 0.3) is 11.5 Å². The van der Waals surface area contributed by atoms with E-state index in [2.05, 4.69) is 24.0 Å². The van der Waals surface area contributed by atoms with Crippen LogP contribution in [0, 0.1) is 17.3 Å². The van der Waals surface area contributed by atoms with Gasteiger partial charge < -0.3 is 4.90 Å². The fourth-order valence-corrected chi connectivity index (χ4v) is 3.88. The number of nitrogens with one attached hydrogen (secondary N) is 1. The molecule has 1 amide bonds. The normalized spacial score (nSPS) is 25.8. The number of hydrogen-bond donors (Lipinski definition) is 1. The summed E-state index contributed by atoms with van der Waals surface area (Å²) < 4.78 is 0. The van der Waals surface area contributed by atoms with Crippen LogP contribution in [0.5, 0.6) is 0 Å². The predicted octanol–water partition coefficient (Wildman–Crippen LogP) is 1.62. The van der Waals surface area contributed by atoms with Gasteiger partial charge in [-0.25, -0.2) is 5.10 Å². The Hall–Kier alpha value is -1.65. The molecule has 2 fully saturated rings. The molecule has 0 unspecified atom stereocenters. The number of fused-ring (bicyclic) bond motifs is 1. The highest BCUT2D eigenvalue weighted by Gasteiger charge is 2.62. The van der Waals surface area contributed by atoms with Crippen LogP contribution in [0.15, 0.2) is 4.79 Å². The fourth-order valence-electron chi connectivity index (χ4n) is 3.88. The number of piperidine rings is 1. The molecule has 2 aliphatic rings. The molecule has 1 N–H and O–H groups in total. The molecule has 3 rings (SSSR count). The molecule has 21 heavy (non-hydrogen) atoms. The maximum Gasteiger partial charge on any atom is 0.277 e. The molecule has 1 aromatic rings. The molecule has 0 radical (unpaired) electrons. The lowest BCUT2D eigenvalue weighted by atomic mass is 10.0. The van der Waals surface area contributed by atoms with E-state index in [1.165, 1.54) is 0 Å². The number of amides is 1. The Kier molecular flexibility index (Phi) is 3.19. The Balaban J connectivity index is 1.91. The van der Waals surface area contributed by atoms with E-state index in [4.69, 9.17) is 0 Å². The van der Waals surface area contributed by atoms with Gasteiger partial charge in [0.2, 0.25) is 0 Å². The van der Waals surface area contributed by atoms with E-state index in [0.29, 0.717) is 29.2 Å². The van der Waals surface area contributed by atoms with Gasteiger partial charge >= 0.3 is 0 Å². The van der Waals surface area contributed by atoms with E-state index in [-0.39, 0.29) is 11.5 Å². The fraction of sp³-hybridized carbons (Fsp3) is 0.688. The molecule has 1 aliphatic heterocycles. The number of H-pyrrole nitrogens is 1. The standard InChI is InChI=1S/C16H23N3O2/c1-5-9-12(6-2)17-18-14(20)13(9)15(21)19-7-10-11(8-19)16(10,3)4/h10-11H,5-8H2,1-4H3,(H,18,20)/t10-,11+. The zero-order valence-corrected chi connectivity index (χ0v) is 13.2. The lowest BCUT2D eigenvalue weighted by molar-refractivity contribution is 0.0754. The molecule has 114 valence electrons. The van der Waals surface area contributed by atoms with E-state index < -0.39 is 0 Å². The van der Waals surface area contributed by atoms with Gasteiger partial charge in [-0.05, 0) is 35.7 Å². The van der Waals surface area contributed by atoms with E-state index >= 15 is 0 Å². The highest BCUT2D eigenvalue weighted by atomic mass is 16.2. The molecule has 5 heteroatoms. The van der Waals surface area contributed by atoms with Gasteiger partial charge in [-0.1, -0.05) is 27.7 Å². The molecule has 1 aliphatic carbocycles. The summed E-state index contributed by atoms with van der Waals surface area (Å²) in [5, 5.41) is 6.56. The van der Waals surface area contributed by atoms with Crippen molar-refractivity contribution in [3.63, 3.8) is 0 Å². The summed E-state index contributed by atoms with van der Waals surface area (Å²) >= 11 is 0. The Morgan fingerprint density at radius 3 is 2.43 bits per heavy atom. The van der Waals surface area contributed by atoms with E-state index in [1.54, 1.807) is 0 Å². The van der Waals surface area contributed by atoms with Gasteiger partial charge in [-0.15, -0.1) is 0 Å². The first-order chi connectivity index (χ1) is 9.91. The van der Waals surface area contributed by atoms with Crippen molar-refractivity contribution in [3.05, 3.63) is 27.2 Å². The molecule has 2 atom stereocenters. The minimum Gasteiger partial charge on any atom is -0.338 e. The van der Waals surface area contributed by atoms with Gasteiger partial charge in [-0.3, -0.25) is 9.59 Å². The summed E-state index contributed by atoms with van der Waals surface area (Å²) in [6.07, 6.45) is 1.38. The summed E-state index contributed by atoms with van der Waals surface area (Å²) in [7, 11) is 0. The topological polar surface area (TPSA) is 66.1 Å². The molecule has 1 saturated heterocycles. The second-order valence-electron chi connectivity index (χ2n) is 6.80. The summed E-state index contributed by atoms with van der Waals surface area (Å²) in [6.45, 7) is 10.0. The van der Waals surface area contributed by atoms with E-state index in [1.807, 2.05) is 18.7 Å². The quantitative estimate of drug-likeness (QED) is 0.919. The third-order valence-corrected chi connectivity index (χ3v) is 5.48. The minimum atomic E-state index is -0.353. The number of carbonyl (C=O) groups excluding carboxylic acids is 1. The zero-order chi connectivity index (χ0) is 15.4. The maximum absolute atomic E-state index is 12.8. The lowest BCUT2D eigenvalue weighted by Gasteiger charge is -2.23. The third-order valence-electron chi connectivity index (χ3n) is 5.48. The van der Waals surface area contributed by atoms with Crippen LogP contribution < -0.4 is 5.56 Å². The van der Waals surface area contributed by atoms with Crippen molar-refractivity contribution in [2.24, 2.45) is 17.3 Å². The number of carbonyl (C=O) groups is 1. The largest absolute Gasteiger partial charge is 0.338 e. The molecular formula is C16H23N3O2. The monoisotopic (exact) mass is 289 g/mol. The Bertz CT molecular complexity index is 633. The number of hydrogen-bond acceptors (Lipinski definition) is 3. The average molecular weight is 289 g/mol. The zero-order valence-electron chi connectivity index (χ0n) is 13.2. The molecule has 0 spiro atoms. The van der Waals surface area contributed by atoms with Crippen LogP contribution in [0.2, 0.25) is 0 Å². The third kappa shape index (κ3) is 2.01. The summed E-state index contributed by atoms with van der Waals surface area (Å²) in [4.78, 5) is 26.7. The van der Waals surface area contributed by atoms with Crippen molar-refractivity contribution in [1.82, 2.24) is 15.1 Å². The first-order valence-corrected chi connectivity index (χ1v) is 7.81. The Morgan fingerprint density at radius 1 is 1.29 bits per heavy atom. The van der Waals surface area contributed by atoms with Crippen LogP contribution in [0.4, 0.5) is 0 Å². The van der Waals surface area contributed by atoms with Gasteiger partial charge in [-0.2, -0.15) is 5.10 Å². The van der Waals surface area contributed by atoms with Crippen molar-refractivity contribution in [2.45, 2.75) is 40.5 Å². The molecule has 1 aromatic heterocycles. The highest BCUT2D eigenvalue weighted by molar-refractivity contribution is 5.95. The van der Waals surface area contributed by atoms with Gasteiger partial charge in [0.15, 0.2) is 0 Å². The second-order valence-corrected chi connectivity index (χ2v) is 6.80. The van der Waals surface area contributed by atoms with Crippen molar-refractivity contribution < 1.29 is 4.79 Å². The van der Waals surface area contributed by atoms with Gasteiger partial charge in [0.1, 0.15) is 5.56 Å². The van der Waals surface area contributed by atoms with Crippen LogP contribution in [0.3, 0.4) is 0 Å². The number of likely N-dealkylation sites (tertiary alicyclic amines) is 1. The number of aromatic nitrogens is 2. The molecular weight excluding hydrogens is 266 g/mol. The molecule has 1 saturated carbocycles. The Morgan fingerprint density at radius 2 is 1.90 bits per heavy atom. The van der Waals surface area contributed by atoms with Crippen LogP contribution >= 0.6 is 0 Å². The van der Waals surface area contributed by atoms with Gasteiger partial charge in [0.05, 0.1) is 5.69 Å². The number of rotatable bonds is 3. The summed E-state index contributed by atoms with van der Waals surface area (Å²) in [6, 6.07) is 0. The number of aromatic amines is 1. The number of nitrogens with zero attached hydrogens (tertiary/aromatic N) is 2. The van der Waals surface area contributed by atoms with E-state index in [9.17, 15) is 9.59 Å². The number of aryl methyl sites for hydroxylation is 1. The maximum atomic E-state index is 12.8. The van der Waals surface area contributed by atoms with Crippen LogP contribution in [-0.4, -0.2) is 34.1 Å². The molecule has 2 heterocycles. The smallest absolute Gasteiger partial charge is 0.277 e. The van der Waals surface area contributed by atoms with Crippen LogP contribution in [0.25, 0.3) is 0 Å². The minimum absolute atomic E-state index is 0.117. The summed E-state index contributed by atoms with van der Waals surface area (Å²) in [5.74, 6) is 1.07. The van der Waals surface area contributed by atoms with Crippen molar-refractivity contribution >= 4 is 5.91 Å². The van der Waals surface area contributed by atoms with E-state index in [0.717, 1.165) is 30.8 Å². The van der Waals surface area contributed by atoms with Crippen LogP contribution in [0.1, 0.15) is 49.3 Å². The first-order valence-electron chi connectivity index (χ1n) is 7.81.